The molecule has 134 heavy (non-hydrogen) atoms. The van der Waals surface area contributed by atoms with Gasteiger partial charge in [-0.15, -0.1) is 0 Å². The highest BCUT2D eigenvalue weighted by Crippen LogP contribution is 1.99. The van der Waals surface area contributed by atoms with Crippen LogP contribution >= 0.6 is 0 Å². The summed E-state index contributed by atoms with van der Waals surface area (Å²) in [5.41, 5.74) is 0. The van der Waals surface area contributed by atoms with Gasteiger partial charge < -0.3 is 129 Å². The average Bonchev–Trinajstić information content (AvgIpc) is 1.88. The minimum atomic E-state index is -2.92. The Morgan fingerprint density at radius 3 is 0.209 bits per heavy atom. The topological polar surface area (TPSA) is 377 Å². The van der Waals surface area contributed by atoms with Crippen molar-refractivity contribution in [1.29, 1.82) is 0 Å². The molecule has 13 rings (SSSR count). The summed E-state index contributed by atoms with van der Waals surface area (Å²) in [5, 5.41) is 101. The van der Waals surface area contributed by atoms with Crippen LogP contribution in [0.15, 0.2) is 0 Å². The van der Waals surface area contributed by atoms with Crippen molar-refractivity contribution >= 4 is 29.3 Å². The number of halogens is 1. The average molecular weight is 1930 g/mol. The van der Waals surface area contributed by atoms with Crippen LogP contribution in [-0.2, 0) is 0 Å². The largest absolute Gasteiger partial charge is 1.00 e. The second kappa shape index (κ2) is 80.9. The van der Waals surface area contributed by atoms with Crippen molar-refractivity contribution in [3.05, 3.63) is 0 Å². The van der Waals surface area contributed by atoms with E-state index < -0.39 is 29.3 Å². The summed E-state index contributed by atoms with van der Waals surface area (Å²) < 4.78 is 0. The second-order valence-electron chi connectivity index (χ2n) is 39.1. The normalized spacial score (nSPS) is 33.7. The number of nitrogens with zero attached hydrogens (tertiary/aromatic N) is 13. The minimum absolute atomic E-state index is 0. The lowest BCUT2D eigenvalue weighted by molar-refractivity contribution is -0.914. The van der Waals surface area contributed by atoms with E-state index in [1.165, 1.54) is 255 Å². The summed E-state index contributed by atoms with van der Waals surface area (Å²) in [7, 11) is 17.0. The summed E-state index contributed by atoms with van der Waals surface area (Å²) in [4.78, 5) is 53.8. The Labute approximate surface area is 824 Å². The summed E-state index contributed by atoms with van der Waals surface area (Å²) in [5.74, 6) is 0. The fraction of sp³-hybridized carbons (Fsp3) is 1.00. The van der Waals surface area contributed by atoms with E-state index in [9.17, 15) is 0 Å². The van der Waals surface area contributed by atoms with E-state index in [1.54, 1.807) is 63.7 Å². The molecule has 0 bridgehead atoms. The van der Waals surface area contributed by atoms with Gasteiger partial charge in [-0.1, -0.05) is 0 Å². The fourth-order valence-corrected chi connectivity index (χ4v) is 19.6. The van der Waals surface area contributed by atoms with Crippen molar-refractivity contribution in [2.75, 3.05) is 347 Å². The molecule has 13 fully saturated rings. The SMILES string of the molecule is CC[NH+]1CCN(C)C1C.CC[NH+]1CCN(C)C1C.CC[NH+]1CCN(C)C1C.CC[NH+]1CCN(C)C1C.CC[NH+]1CCN(C)C1C.CC[NH+]1CCN(C)C1C.CC[NH+]1CCN(C)C1C.CC[NH+]1CCN(C)C1C.CC[NH+]1CCN(C)C1C.CC[NH+]1CCN(C)C1C.CC[NH+]1CCN(C)C1C.CC[NH+]1CCN(C)C1C.CC[NH+]1CCN(C)C1C.[F-].[O-]B([O-])[O-].[O-]B([O-])[O-].[O-]B([O-])[O-].[O-]B([O-])[O-]. The van der Waals surface area contributed by atoms with Crippen molar-refractivity contribution in [2.24, 2.45) is 0 Å². The number of hydrogen-bond donors (Lipinski definition) is 13. The molecule has 13 aliphatic rings. The third kappa shape index (κ3) is 58.6. The predicted molar refractivity (Wildman–Crippen MR) is 523 cm³/mol. The van der Waals surface area contributed by atoms with Gasteiger partial charge in [0.1, 0.15) is 80.2 Å². The van der Waals surface area contributed by atoms with Crippen molar-refractivity contribution in [1.82, 2.24) is 63.7 Å². The Bertz CT molecular complexity index is 2040. The zero-order chi connectivity index (χ0) is 103. The molecular weight excluding hydrogens is 1710 g/mol. The lowest BCUT2D eigenvalue weighted by Crippen LogP contribution is -3.13. The molecule has 13 N–H and O–H groups in total. The van der Waals surface area contributed by atoms with Crippen LogP contribution in [-0.4, -0.2) is 520 Å². The van der Waals surface area contributed by atoms with Gasteiger partial charge in [0.15, 0.2) is 0 Å². The molecule has 0 amide bonds. The molecule has 0 aromatic carbocycles. The maximum absolute atomic E-state index is 8.42. The predicted octanol–water partition coefficient (Wildman–Crippen LogP) is -29.4. The third-order valence-electron chi connectivity index (χ3n) is 32.4. The van der Waals surface area contributed by atoms with Crippen molar-refractivity contribution in [2.45, 2.75) is 260 Å². The Balaban J connectivity index is -0.000000442. The highest BCUT2D eigenvalue weighted by molar-refractivity contribution is 6.24. The van der Waals surface area contributed by atoms with Crippen LogP contribution < -0.4 is 129 Å². The molecule has 26 atom stereocenters. The molecule has 0 aliphatic carbocycles. The van der Waals surface area contributed by atoms with Crippen LogP contribution in [0.5, 0.6) is 0 Å². The zero-order valence-corrected chi connectivity index (χ0v) is 94.0. The van der Waals surface area contributed by atoms with Crippen LogP contribution in [0.2, 0.25) is 0 Å². The van der Waals surface area contributed by atoms with Crippen LogP contribution in [0.3, 0.4) is 0 Å². The molecule has 0 aromatic heterocycles. The molecular formula is C91H221B4FN26O12. The molecule has 43 heteroatoms. The number of nitrogens with one attached hydrogen (secondary N) is 13. The maximum atomic E-state index is 8.42. The first-order valence-corrected chi connectivity index (χ1v) is 52.3. The molecule has 0 saturated carbocycles. The van der Waals surface area contributed by atoms with Crippen molar-refractivity contribution < 1.29 is 129 Å². The highest BCUT2D eigenvalue weighted by Gasteiger charge is 2.36. The van der Waals surface area contributed by atoms with E-state index in [0.717, 1.165) is 80.2 Å². The van der Waals surface area contributed by atoms with E-state index in [4.69, 9.17) is 60.3 Å². The van der Waals surface area contributed by atoms with E-state index in [2.05, 4.69) is 335 Å². The molecule has 0 radical (unpaired) electrons. The van der Waals surface area contributed by atoms with Gasteiger partial charge in [-0.2, -0.15) is 0 Å². The van der Waals surface area contributed by atoms with Crippen LogP contribution in [0.25, 0.3) is 0 Å². The van der Waals surface area contributed by atoms with Gasteiger partial charge in [-0.3, -0.25) is 93.0 Å². The lowest BCUT2D eigenvalue weighted by atomic mass is 10.3. The number of likely N-dealkylation sites (N-methyl/N-ethyl adjacent to an activating group) is 26. The molecule has 0 spiro atoms. The number of rotatable bonds is 13. The summed E-state index contributed by atoms with van der Waals surface area (Å²) in [6.07, 6.45) is 9.69. The van der Waals surface area contributed by atoms with E-state index in [0.29, 0.717) is 0 Å². The van der Waals surface area contributed by atoms with E-state index in [1.807, 2.05) is 0 Å². The van der Waals surface area contributed by atoms with Gasteiger partial charge in [0.05, 0.1) is 255 Å². The van der Waals surface area contributed by atoms with Gasteiger partial charge in [0.25, 0.3) is 0 Å². The van der Waals surface area contributed by atoms with Crippen LogP contribution in [0.1, 0.15) is 180 Å². The standard InChI is InChI=1S/13C7H16N2.4BO3.FH/c13*1-4-9-6-5-8(3)7(9)2;4*2-1(3)4;/h13*7H,4-6H2,1-3H3;;;;;1H/q;;;;;;;;;;;;;4*-3;/p+12. The summed E-state index contributed by atoms with van der Waals surface area (Å²) in [6, 6.07) is 0. The quantitative estimate of drug-likeness (QED) is 0.0762. The Morgan fingerprint density at radius 1 is 0.149 bits per heavy atom. The molecule has 13 heterocycles. The minimum Gasteiger partial charge on any atom is -1.00 e. The maximum Gasteiger partial charge on any atom is 0.140 e. The molecule has 38 nitrogen and oxygen atoms in total. The van der Waals surface area contributed by atoms with Gasteiger partial charge >= 0.3 is 0 Å². The fourth-order valence-electron chi connectivity index (χ4n) is 19.6. The Morgan fingerprint density at radius 2 is 0.194 bits per heavy atom. The van der Waals surface area contributed by atoms with Crippen molar-refractivity contribution in [3.8, 4) is 0 Å². The highest BCUT2D eigenvalue weighted by atomic mass is 19.0. The van der Waals surface area contributed by atoms with Crippen LogP contribution in [0.4, 0.5) is 0 Å². The first kappa shape index (κ1) is 141. The molecule has 13 saturated heterocycles. The first-order valence-electron chi connectivity index (χ1n) is 52.3. The molecule has 26 unspecified atom stereocenters. The lowest BCUT2D eigenvalue weighted by Gasteiger charge is -2.35. The van der Waals surface area contributed by atoms with E-state index in [-0.39, 0.29) is 4.70 Å². The molecule has 0 aromatic rings. The smallest absolute Gasteiger partial charge is 0.140 e. The number of quaternary nitrogens is 13. The monoisotopic (exact) mass is 1930 g/mol. The Hall–Kier alpha value is -1.33. The Kier molecular flexibility index (Phi) is 85.2. The molecule has 13 aliphatic heterocycles. The van der Waals surface area contributed by atoms with Gasteiger partial charge in [-0.05, 0) is 182 Å². The van der Waals surface area contributed by atoms with Crippen LogP contribution in [0, 0.1) is 0 Å². The number of hydrogen-bond acceptors (Lipinski definition) is 25. The zero-order valence-electron chi connectivity index (χ0n) is 94.0. The van der Waals surface area contributed by atoms with Gasteiger partial charge in [0, 0.05) is 90.0 Å². The summed E-state index contributed by atoms with van der Waals surface area (Å²) in [6.45, 7) is 109. The summed E-state index contributed by atoms with van der Waals surface area (Å²) >= 11 is 0. The van der Waals surface area contributed by atoms with Gasteiger partial charge in [0.2, 0.25) is 0 Å². The van der Waals surface area contributed by atoms with Gasteiger partial charge in [-0.25, -0.2) is 0 Å². The first-order chi connectivity index (χ1) is 62.2. The molecule has 806 valence electrons. The third-order valence-corrected chi connectivity index (χ3v) is 32.4. The van der Waals surface area contributed by atoms with E-state index >= 15 is 0 Å². The van der Waals surface area contributed by atoms with Crippen molar-refractivity contribution in [3.63, 3.8) is 0 Å². The second-order valence-corrected chi connectivity index (χ2v) is 39.1.